The number of carboxylic acids is 1. The molecule has 0 spiro atoms. The van der Waals surface area contributed by atoms with Crippen LogP contribution in [-0.2, 0) is 0 Å². The molecule has 0 radical (unpaired) electrons. The van der Waals surface area contributed by atoms with Gasteiger partial charge in [0.1, 0.15) is 5.56 Å². The highest BCUT2D eigenvalue weighted by Crippen LogP contribution is 2.26. The lowest BCUT2D eigenvalue weighted by molar-refractivity contribution is -0.385. The van der Waals surface area contributed by atoms with Crippen molar-refractivity contribution >= 4 is 17.6 Å². The Balaban J connectivity index is 1.71. The zero-order chi connectivity index (χ0) is 19.7. The van der Waals surface area contributed by atoms with Crippen molar-refractivity contribution in [3.8, 4) is 0 Å². The molecule has 1 aromatic carbocycles. The number of aryl methyl sites for hydroxylation is 1. The molecule has 2 aromatic rings. The van der Waals surface area contributed by atoms with Gasteiger partial charge in [0, 0.05) is 30.3 Å². The minimum atomic E-state index is -1.01. The summed E-state index contributed by atoms with van der Waals surface area (Å²) in [4.78, 5) is 36.1. The van der Waals surface area contributed by atoms with Crippen molar-refractivity contribution in [1.29, 1.82) is 0 Å². The van der Waals surface area contributed by atoms with E-state index in [0.29, 0.717) is 42.8 Å². The number of rotatable bonds is 4. The van der Waals surface area contributed by atoms with E-state index < -0.39 is 10.9 Å². The van der Waals surface area contributed by atoms with Gasteiger partial charge in [0.05, 0.1) is 22.9 Å². The lowest BCUT2D eigenvalue weighted by Crippen LogP contribution is -2.39. The van der Waals surface area contributed by atoms with Crippen LogP contribution in [0.4, 0.5) is 5.69 Å². The van der Waals surface area contributed by atoms with Gasteiger partial charge in [0.25, 0.3) is 11.6 Å². The first-order valence-electron chi connectivity index (χ1n) is 8.61. The maximum Gasteiger partial charge on any atom is 0.339 e. The predicted molar refractivity (Wildman–Crippen MR) is 95.9 cm³/mol. The summed E-state index contributed by atoms with van der Waals surface area (Å²) in [7, 11) is 0. The first kappa shape index (κ1) is 18.6. The first-order chi connectivity index (χ1) is 12.8. The fourth-order valence-electron chi connectivity index (χ4n) is 3.44. The van der Waals surface area contributed by atoms with Crippen LogP contribution in [-0.4, -0.2) is 49.7 Å². The fourth-order valence-corrected chi connectivity index (χ4v) is 3.44. The highest BCUT2D eigenvalue weighted by molar-refractivity contribution is 5.95. The third-order valence-corrected chi connectivity index (χ3v) is 5.03. The van der Waals surface area contributed by atoms with Crippen LogP contribution < -0.4 is 0 Å². The molecule has 1 fully saturated rings. The third-order valence-electron chi connectivity index (χ3n) is 5.03. The largest absolute Gasteiger partial charge is 0.478 e. The molecule has 0 bridgehead atoms. The number of amides is 1. The molecule has 142 valence electrons. The zero-order valence-electron chi connectivity index (χ0n) is 15.1. The molecule has 1 aromatic heterocycles. The number of benzene rings is 1. The summed E-state index contributed by atoms with van der Waals surface area (Å²) in [5.41, 5.74) is 1.53. The lowest BCUT2D eigenvalue weighted by Gasteiger charge is -2.32. The number of piperidine rings is 1. The van der Waals surface area contributed by atoms with Crippen molar-refractivity contribution in [1.82, 2.24) is 14.7 Å². The number of aromatic nitrogens is 2. The van der Waals surface area contributed by atoms with Crippen LogP contribution in [0.3, 0.4) is 0 Å². The van der Waals surface area contributed by atoms with Crippen molar-refractivity contribution in [2.24, 2.45) is 0 Å². The molecular weight excluding hydrogens is 352 g/mol. The second-order valence-corrected chi connectivity index (χ2v) is 6.68. The van der Waals surface area contributed by atoms with Crippen molar-refractivity contribution in [2.45, 2.75) is 32.7 Å². The number of likely N-dealkylation sites (tertiary alicyclic amines) is 1. The Bertz CT molecular complexity index is 912. The van der Waals surface area contributed by atoms with E-state index in [1.54, 1.807) is 35.6 Å². The Morgan fingerprint density at radius 2 is 1.93 bits per heavy atom. The molecule has 0 aliphatic carbocycles. The molecule has 3 rings (SSSR count). The summed E-state index contributed by atoms with van der Waals surface area (Å²) < 4.78 is 1.71. The molecule has 9 heteroatoms. The molecule has 27 heavy (non-hydrogen) atoms. The maximum atomic E-state index is 12.7. The molecule has 0 unspecified atom stereocenters. The summed E-state index contributed by atoms with van der Waals surface area (Å²) in [6, 6.07) is 4.53. The van der Waals surface area contributed by atoms with Gasteiger partial charge in [-0.2, -0.15) is 5.10 Å². The molecular formula is C18H20N4O5. The topological polar surface area (TPSA) is 119 Å². The van der Waals surface area contributed by atoms with Gasteiger partial charge >= 0.3 is 5.97 Å². The number of carbonyl (C=O) groups excluding carboxylic acids is 1. The molecule has 1 aliphatic rings. The SMILES string of the molecule is Cc1ccc(C(=O)N2CCC(n3ncc(C(=O)O)c3C)CC2)cc1[N+](=O)[O-]. The third kappa shape index (κ3) is 3.53. The van der Waals surface area contributed by atoms with Crippen LogP contribution in [0.25, 0.3) is 0 Å². The van der Waals surface area contributed by atoms with Crippen LogP contribution in [0, 0.1) is 24.0 Å². The van der Waals surface area contributed by atoms with Crippen molar-refractivity contribution in [2.75, 3.05) is 13.1 Å². The minimum absolute atomic E-state index is 0.0227. The Labute approximate surface area is 155 Å². The Kier molecular flexibility index (Phi) is 4.93. The summed E-state index contributed by atoms with van der Waals surface area (Å²) in [5, 5.41) is 24.4. The molecule has 1 aliphatic heterocycles. The summed E-state index contributed by atoms with van der Waals surface area (Å²) in [5.74, 6) is -1.24. The van der Waals surface area contributed by atoms with Crippen molar-refractivity contribution in [3.63, 3.8) is 0 Å². The van der Waals surface area contributed by atoms with E-state index in [1.165, 1.54) is 12.3 Å². The van der Waals surface area contributed by atoms with Crippen molar-refractivity contribution in [3.05, 3.63) is 56.9 Å². The Morgan fingerprint density at radius 3 is 2.48 bits per heavy atom. The van der Waals surface area contributed by atoms with E-state index in [2.05, 4.69) is 5.10 Å². The second-order valence-electron chi connectivity index (χ2n) is 6.68. The number of hydrogen-bond acceptors (Lipinski definition) is 5. The molecule has 9 nitrogen and oxygen atoms in total. The zero-order valence-corrected chi connectivity index (χ0v) is 15.1. The van der Waals surface area contributed by atoms with E-state index in [-0.39, 0.29) is 23.2 Å². The van der Waals surface area contributed by atoms with Crippen LogP contribution in [0.1, 0.15) is 50.9 Å². The van der Waals surface area contributed by atoms with Crippen LogP contribution >= 0.6 is 0 Å². The van der Waals surface area contributed by atoms with Gasteiger partial charge in [-0.3, -0.25) is 19.6 Å². The van der Waals surface area contributed by atoms with Crippen LogP contribution in [0.15, 0.2) is 24.4 Å². The van der Waals surface area contributed by atoms with Crippen LogP contribution in [0.5, 0.6) is 0 Å². The van der Waals surface area contributed by atoms with Gasteiger partial charge in [-0.1, -0.05) is 6.07 Å². The average molecular weight is 372 g/mol. The number of aromatic carboxylic acids is 1. The second kappa shape index (κ2) is 7.18. The van der Waals surface area contributed by atoms with Gasteiger partial charge in [0.15, 0.2) is 0 Å². The van der Waals surface area contributed by atoms with Gasteiger partial charge in [-0.25, -0.2) is 4.79 Å². The fraction of sp³-hybridized carbons (Fsp3) is 0.389. The normalized spacial score (nSPS) is 15.0. The van der Waals surface area contributed by atoms with Crippen LogP contribution in [0.2, 0.25) is 0 Å². The summed E-state index contributed by atoms with van der Waals surface area (Å²) in [6.45, 7) is 4.31. The van der Waals surface area contributed by atoms with E-state index in [4.69, 9.17) is 5.11 Å². The molecule has 1 amide bonds. The standard InChI is InChI=1S/C18H20N4O5/c1-11-3-4-13(9-16(11)22(26)27)17(23)20-7-5-14(6-8-20)21-12(2)15(10-19-21)18(24)25/h3-4,9-10,14H,5-8H2,1-2H3,(H,24,25). The molecule has 2 heterocycles. The maximum absolute atomic E-state index is 12.7. The highest BCUT2D eigenvalue weighted by Gasteiger charge is 2.28. The Morgan fingerprint density at radius 1 is 1.26 bits per heavy atom. The monoisotopic (exact) mass is 372 g/mol. The smallest absolute Gasteiger partial charge is 0.339 e. The average Bonchev–Trinajstić information content (AvgIpc) is 3.03. The molecule has 0 atom stereocenters. The minimum Gasteiger partial charge on any atom is -0.478 e. The van der Waals surface area contributed by atoms with E-state index in [9.17, 15) is 19.7 Å². The Hall–Kier alpha value is -3.23. The molecule has 1 N–H and O–H groups in total. The van der Waals surface area contributed by atoms with Gasteiger partial charge in [-0.15, -0.1) is 0 Å². The lowest BCUT2D eigenvalue weighted by atomic mass is 10.0. The number of nitro benzene ring substituents is 1. The van der Waals surface area contributed by atoms with Gasteiger partial charge in [0.2, 0.25) is 0 Å². The molecule has 1 saturated heterocycles. The van der Waals surface area contributed by atoms with Crippen molar-refractivity contribution < 1.29 is 19.6 Å². The number of carboxylic acid groups (broad SMARTS) is 1. The van der Waals surface area contributed by atoms with E-state index in [1.807, 2.05) is 0 Å². The van der Waals surface area contributed by atoms with E-state index in [0.717, 1.165) is 0 Å². The summed E-state index contributed by atoms with van der Waals surface area (Å²) >= 11 is 0. The number of nitro groups is 1. The molecule has 0 saturated carbocycles. The number of carbonyl (C=O) groups is 2. The summed E-state index contributed by atoms with van der Waals surface area (Å²) in [6.07, 6.45) is 2.63. The van der Waals surface area contributed by atoms with Gasteiger partial charge in [-0.05, 0) is 32.8 Å². The first-order valence-corrected chi connectivity index (χ1v) is 8.61. The van der Waals surface area contributed by atoms with E-state index >= 15 is 0 Å². The predicted octanol–water partition coefficient (Wildman–Crippen LogP) is 2.58. The number of hydrogen-bond donors (Lipinski definition) is 1. The highest BCUT2D eigenvalue weighted by atomic mass is 16.6. The van der Waals surface area contributed by atoms with Gasteiger partial charge < -0.3 is 10.0 Å². The quantitative estimate of drug-likeness (QED) is 0.651. The number of nitrogens with zero attached hydrogens (tertiary/aromatic N) is 4.